The zero-order chi connectivity index (χ0) is 27.5. The predicted octanol–water partition coefficient (Wildman–Crippen LogP) is 4.35. The van der Waals surface area contributed by atoms with Crippen molar-refractivity contribution in [2.45, 2.75) is 76.4 Å². The lowest BCUT2D eigenvalue weighted by molar-refractivity contribution is -0.139. The number of piperidine rings is 1. The van der Waals surface area contributed by atoms with Crippen LogP contribution in [0.2, 0.25) is 0 Å². The van der Waals surface area contributed by atoms with Gasteiger partial charge in [-0.15, -0.1) is 0 Å². The number of imidazole rings is 1. The average molecular weight is 534 g/mol. The zero-order valence-corrected chi connectivity index (χ0v) is 22.5. The van der Waals surface area contributed by atoms with Gasteiger partial charge in [0.05, 0.1) is 18.0 Å². The number of aromatic amines is 1. The highest BCUT2D eigenvalue weighted by Gasteiger charge is 2.45. The molecular weight excluding hydrogens is 497 g/mol. The summed E-state index contributed by atoms with van der Waals surface area (Å²) in [5.74, 6) is -0.987. The van der Waals surface area contributed by atoms with Gasteiger partial charge in [-0.3, -0.25) is 14.4 Å². The molecule has 5 rings (SSSR count). The number of benzene rings is 2. The lowest BCUT2D eigenvalue weighted by Gasteiger charge is -2.36. The summed E-state index contributed by atoms with van der Waals surface area (Å²) in [5, 5.41) is 5.76. The summed E-state index contributed by atoms with van der Waals surface area (Å²) in [5.41, 5.74) is 1.83. The number of para-hydroxylation sites is 1. The molecule has 5 atom stereocenters. The molecule has 3 aromatic rings. The Morgan fingerprint density at radius 2 is 1.90 bits per heavy atom. The molecule has 2 aromatic carbocycles. The van der Waals surface area contributed by atoms with Crippen molar-refractivity contribution in [2.75, 3.05) is 6.54 Å². The van der Waals surface area contributed by atoms with E-state index in [9.17, 15) is 18.8 Å². The van der Waals surface area contributed by atoms with Crippen molar-refractivity contribution in [1.82, 2.24) is 25.5 Å². The highest BCUT2D eigenvalue weighted by Crippen LogP contribution is 2.47. The van der Waals surface area contributed by atoms with Gasteiger partial charge in [0.25, 0.3) is 0 Å². The number of nitrogens with zero attached hydrogens (tertiary/aromatic N) is 2. The number of H-pyrrole nitrogens is 1. The highest BCUT2D eigenvalue weighted by molar-refractivity contribution is 5.93. The fourth-order valence-corrected chi connectivity index (χ4v) is 5.69. The van der Waals surface area contributed by atoms with E-state index >= 15 is 0 Å². The number of halogens is 1. The van der Waals surface area contributed by atoms with Crippen molar-refractivity contribution >= 4 is 28.8 Å². The molecule has 2 aliphatic rings. The lowest BCUT2D eigenvalue weighted by Crippen LogP contribution is -2.52. The number of carbonyl (C=O) groups excluding carboxylic acids is 3. The number of nitrogens with one attached hydrogen (secondary N) is 3. The summed E-state index contributed by atoms with van der Waals surface area (Å²) in [7, 11) is 0. The minimum atomic E-state index is -1.02. The van der Waals surface area contributed by atoms with Gasteiger partial charge in [-0.25, -0.2) is 9.37 Å². The van der Waals surface area contributed by atoms with E-state index in [0.29, 0.717) is 24.3 Å². The molecule has 2 unspecified atom stereocenters. The third kappa shape index (κ3) is 5.97. The van der Waals surface area contributed by atoms with E-state index < -0.39 is 23.8 Å². The van der Waals surface area contributed by atoms with Gasteiger partial charge >= 0.3 is 0 Å². The molecule has 39 heavy (non-hydrogen) atoms. The Morgan fingerprint density at radius 1 is 1.10 bits per heavy atom. The summed E-state index contributed by atoms with van der Waals surface area (Å²) in [4.78, 5) is 49.3. The molecule has 0 bridgehead atoms. The Labute approximate surface area is 227 Å². The molecule has 0 spiro atoms. The van der Waals surface area contributed by atoms with Crippen LogP contribution in [0.3, 0.4) is 0 Å². The average Bonchev–Trinajstić information content (AvgIpc) is 3.63. The minimum Gasteiger partial charge on any atom is -0.345 e. The van der Waals surface area contributed by atoms with Crippen LogP contribution >= 0.6 is 0 Å². The molecule has 2 heterocycles. The largest absolute Gasteiger partial charge is 0.345 e. The third-order valence-electron chi connectivity index (χ3n) is 8.04. The number of aromatic nitrogens is 2. The Bertz CT molecular complexity index is 1340. The summed E-state index contributed by atoms with van der Waals surface area (Å²) in [6.45, 7) is 4.47. The Hall–Kier alpha value is -3.75. The fourth-order valence-electron chi connectivity index (χ4n) is 5.69. The zero-order valence-electron chi connectivity index (χ0n) is 22.5. The Kier molecular flexibility index (Phi) is 7.95. The molecule has 1 saturated carbocycles. The molecule has 0 radical (unpaired) electrons. The fraction of sp³-hybridized carbons (Fsp3) is 0.467. The van der Waals surface area contributed by atoms with Crippen LogP contribution in [0.5, 0.6) is 0 Å². The maximum Gasteiger partial charge on any atom is 0.243 e. The van der Waals surface area contributed by atoms with Gasteiger partial charge in [0.15, 0.2) is 5.82 Å². The molecule has 2 fully saturated rings. The predicted molar refractivity (Wildman–Crippen MR) is 146 cm³/mol. The first-order valence-corrected chi connectivity index (χ1v) is 13.9. The quantitative estimate of drug-likeness (QED) is 0.380. The maximum absolute atomic E-state index is 14.2. The van der Waals surface area contributed by atoms with Gasteiger partial charge in [-0.1, -0.05) is 43.3 Å². The van der Waals surface area contributed by atoms with Gasteiger partial charge < -0.3 is 20.5 Å². The number of carbonyl (C=O) groups is 3. The molecule has 1 aromatic heterocycles. The van der Waals surface area contributed by atoms with E-state index in [-0.39, 0.29) is 41.6 Å². The highest BCUT2D eigenvalue weighted by atomic mass is 19.1. The smallest absolute Gasteiger partial charge is 0.243 e. The van der Waals surface area contributed by atoms with Gasteiger partial charge in [0.2, 0.25) is 17.7 Å². The van der Waals surface area contributed by atoms with Gasteiger partial charge in [-0.05, 0) is 62.6 Å². The molecule has 8 nitrogen and oxygen atoms in total. The van der Waals surface area contributed by atoms with Crippen LogP contribution in [0.4, 0.5) is 4.39 Å². The number of amides is 3. The monoisotopic (exact) mass is 533 g/mol. The second-order valence-corrected chi connectivity index (χ2v) is 10.8. The number of hydrogen-bond acceptors (Lipinski definition) is 4. The first-order valence-electron chi connectivity index (χ1n) is 13.9. The minimum absolute atomic E-state index is 0.113. The normalized spacial score (nSPS) is 22.2. The maximum atomic E-state index is 14.2. The molecular formula is C30H36FN5O3. The van der Waals surface area contributed by atoms with Crippen LogP contribution in [0, 0.1) is 11.7 Å². The standard InChI is InChI=1S/C30H36FN5O3/c1-3-20-12-7-8-15-36(20)26(37)17-25(34-29(38)22-16-21(22)19-10-5-4-6-11-19)30(39)32-18(2)28-33-24-14-9-13-23(31)27(24)35-28/h4-6,9-11,13-14,18,20-22,25H,3,7-8,12,15-17H2,1-2H3,(H,32,39)(H,33,35)(H,34,38)/t18?,20-,21+,22-,25?/m0/s1. The first-order chi connectivity index (χ1) is 18.9. The second kappa shape index (κ2) is 11.6. The summed E-state index contributed by atoms with van der Waals surface area (Å²) < 4.78 is 14.2. The summed E-state index contributed by atoms with van der Waals surface area (Å²) in [6.07, 6.45) is 4.43. The third-order valence-corrected chi connectivity index (χ3v) is 8.04. The number of fused-ring (bicyclic) bond motifs is 1. The molecule has 1 saturated heterocycles. The molecule has 9 heteroatoms. The van der Waals surface area contributed by atoms with E-state index in [1.807, 2.05) is 35.2 Å². The van der Waals surface area contributed by atoms with Crippen LogP contribution in [-0.2, 0) is 14.4 Å². The topological polar surface area (TPSA) is 107 Å². The van der Waals surface area contributed by atoms with E-state index in [0.717, 1.165) is 31.2 Å². The van der Waals surface area contributed by atoms with Crippen LogP contribution in [-0.4, -0.2) is 51.2 Å². The van der Waals surface area contributed by atoms with Crippen molar-refractivity contribution in [1.29, 1.82) is 0 Å². The SMILES string of the molecule is CC[C@H]1CCCCN1C(=O)CC(NC(=O)[C@H]1C[C@@H]1c1ccccc1)C(=O)NC(C)c1nc2c(F)cccc2[nH]1. The number of hydrogen-bond donors (Lipinski definition) is 3. The van der Waals surface area contributed by atoms with Gasteiger partial charge in [0.1, 0.15) is 17.4 Å². The Morgan fingerprint density at radius 3 is 2.64 bits per heavy atom. The van der Waals surface area contributed by atoms with Gasteiger partial charge in [-0.2, -0.15) is 0 Å². The van der Waals surface area contributed by atoms with E-state index in [4.69, 9.17) is 0 Å². The summed E-state index contributed by atoms with van der Waals surface area (Å²) in [6, 6.07) is 13.0. The Balaban J connectivity index is 1.30. The van der Waals surface area contributed by atoms with Crippen molar-refractivity contribution in [3.05, 3.63) is 65.7 Å². The van der Waals surface area contributed by atoms with Crippen molar-refractivity contribution in [3.8, 4) is 0 Å². The van der Waals surface area contributed by atoms with Crippen LogP contribution in [0.15, 0.2) is 48.5 Å². The van der Waals surface area contributed by atoms with E-state index in [1.165, 1.54) is 6.07 Å². The molecule has 1 aliphatic heterocycles. The first kappa shape index (κ1) is 26.8. The van der Waals surface area contributed by atoms with Crippen LogP contribution < -0.4 is 10.6 Å². The molecule has 1 aliphatic carbocycles. The van der Waals surface area contributed by atoms with Crippen LogP contribution in [0.1, 0.15) is 75.7 Å². The van der Waals surface area contributed by atoms with Gasteiger partial charge in [0, 0.05) is 18.5 Å². The lowest BCUT2D eigenvalue weighted by atomic mass is 9.98. The van der Waals surface area contributed by atoms with Crippen LogP contribution in [0.25, 0.3) is 11.0 Å². The van der Waals surface area contributed by atoms with Crippen molar-refractivity contribution in [2.24, 2.45) is 5.92 Å². The number of likely N-dealkylation sites (tertiary alicyclic amines) is 1. The van der Waals surface area contributed by atoms with Crippen molar-refractivity contribution < 1.29 is 18.8 Å². The number of rotatable bonds is 9. The van der Waals surface area contributed by atoms with E-state index in [1.54, 1.807) is 19.1 Å². The molecule has 3 amide bonds. The molecule has 206 valence electrons. The summed E-state index contributed by atoms with van der Waals surface area (Å²) >= 11 is 0. The van der Waals surface area contributed by atoms with E-state index in [2.05, 4.69) is 27.5 Å². The second-order valence-electron chi connectivity index (χ2n) is 10.8. The molecule has 3 N–H and O–H groups in total. The van der Waals surface area contributed by atoms with Crippen molar-refractivity contribution in [3.63, 3.8) is 0 Å².